The van der Waals surface area contributed by atoms with Gasteiger partial charge < -0.3 is 10.0 Å². The molecule has 0 aliphatic carbocycles. The predicted octanol–water partition coefficient (Wildman–Crippen LogP) is 3.78. The molecule has 20 heavy (non-hydrogen) atoms. The molecule has 0 aromatic heterocycles. The van der Waals surface area contributed by atoms with E-state index in [9.17, 15) is 5.11 Å². The van der Waals surface area contributed by atoms with Crippen LogP contribution in [0.25, 0.3) is 5.57 Å². The molecule has 0 heterocycles. The Kier molecular flexibility index (Phi) is 4.59. The first kappa shape index (κ1) is 14.4. The minimum Gasteiger partial charge on any atom is -0.508 e. The summed E-state index contributed by atoms with van der Waals surface area (Å²) in [5.74, 6) is 0.300. The van der Waals surface area contributed by atoms with Crippen molar-refractivity contribution in [1.82, 2.24) is 4.90 Å². The second-order valence-electron chi connectivity index (χ2n) is 5.31. The molecule has 0 saturated heterocycles. The topological polar surface area (TPSA) is 23.5 Å². The van der Waals surface area contributed by atoms with Crippen molar-refractivity contribution in [3.63, 3.8) is 0 Å². The largest absolute Gasteiger partial charge is 0.508 e. The van der Waals surface area contributed by atoms with Crippen molar-refractivity contribution in [2.45, 2.75) is 6.92 Å². The molecule has 0 saturated carbocycles. The molecule has 0 aliphatic heterocycles. The fourth-order valence-corrected chi connectivity index (χ4v) is 2.48. The van der Waals surface area contributed by atoms with Crippen molar-refractivity contribution in [3.05, 3.63) is 71.3 Å². The number of likely N-dealkylation sites (N-methyl/N-ethyl adjacent to an activating group) is 1. The Morgan fingerprint density at radius 2 is 1.60 bits per heavy atom. The molecule has 0 atom stereocenters. The molecular formula is C18H21NO. The number of benzene rings is 2. The summed E-state index contributed by atoms with van der Waals surface area (Å²) in [5.41, 5.74) is 4.70. The lowest BCUT2D eigenvalue weighted by atomic mass is 9.93. The quantitative estimate of drug-likeness (QED) is 0.911. The Hall–Kier alpha value is -2.06. The lowest BCUT2D eigenvalue weighted by molar-refractivity contribution is 0.446. The smallest absolute Gasteiger partial charge is 0.116 e. The van der Waals surface area contributed by atoms with Gasteiger partial charge in [0, 0.05) is 6.54 Å². The summed E-state index contributed by atoms with van der Waals surface area (Å²) >= 11 is 0. The van der Waals surface area contributed by atoms with Gasteiger partial charge in [-0.2, -0.15) is 0 Å². The lowest BCUT2D eigenvalue weighted by Gasteiger charge is -2.17. The standard InChI is InChI=1S/C18H21NO/c1-14(13-19(2)3)18(15-8-5-4-6-9-15)16-10-7-11-17(20)12-16/h4-12,20H,13H2,1-3H3. The van der Waals surface area contributed by atoms with Crippen LogP contribution in [-0.4, -0.2) is 30.6 Å². The van der Waals surface area contributed by atoms with Gasteiger partial charge in [0.05, 0.1) is 0 Å². The van der Waals surface area contributed by atoms with Crippen LogP contribution in [0.15, 0.2) is 60.2 Å². The van der Waals surface area contributed by atoms with Crippen LogP contribution in [0.4, 0.5) is 0 Å². The summed E-state index contributed by atoms with van der Waals surface area (Å²) in [7, 11) is 4.13. The molecule has 2 rings (SSSR count). The van der Waals surface area contributed by atoms with Crippen LogP contribution in [-0.2, 0) is 0 Å². The van der Waals surface area contributed by atoms with E-state index in [1.807, 2.05) is 36.4 Å². The first-order valence-electron chi connectivity index (χ1n) is 6.77. The van der Waals surface area contributed by atoms with Crippen LogP contribution < -0.4 is 0 Å². The maximum absolute atomic E-state index is 9.74. The summed E-state index contributed by atoms with van der Waals surface area (Å²) in [4.78, 5) is 2.15. The van der Waals surface area contributed by atoms with E-state index in [0.29, 0.717) is 5.75 Å². The average Bonchev–Trinajstić information content (AvgIpc) is 2.39. The van der Waals surface area contributed by atoms with Gasteiger partial charge in [0.1, 0.15) is 5.75 Å². The van der Waals surface area contributed by atoms with Crippen LogP contribution in [0.3, 0.4) is 0 Å². The summed E-state index contributed by atoms with van der Waals surface area (Å²) in [5, 5.41) is 9.74. The second kappa shape index (κ2) is 6.40. The molecule has 0 bridgehead atoms. The number of hydrogen-bond donors (Lipinski definition) is 1. The normalized spacial score (nSPS) is 12.4. The third-order valence-electron chi connectivity index (χ3n) is 3.18. The Morgan fingerprint density at radius 1 is 0.950 bits per heavy atom. The molecule has 0 aliphatic rings. The van der Waals surface area contributed by atoms with Gasteiger partial charge in [0.2, 0.25) is 0 Å². The Bertz CT molecular complexity index is 600. The third-order valence-corrected chi connectivity index (χ3v) is 3.18. The number of aromatic hydroxyl groups is 1. The zero-order valence-electron chi connectivity index (χ0n) is 12.3. The summed E-state index contributed by atoms with van der Waals surface area (Å²) in [6.07, 6.45) is 0. The van der Waals surface area contributed by atoms with Crippen LogP contribution in [0.1, 0.15) is 18.1 Å². The van der Waals surface area contributed by atoms with Gasteiger partial charge >= 0.3 is 0 Å². The van der Waals surface area contributed by atoms with Gasteiger partial charge in [-0.25, -0.2) is 0 Å². The number of phenols is 1. The molecule has 0 fully saturated rings. The minimum absolute atomic E-state index is 0.300. The zero-order valence-corrected chi connectivity index (χ0v) is 12.3. The number of nitrogens with zero attached hydrogens (tertiary/aromatic N) is 1. The Labute approximate surface area is 121 Å². The summed E-state index contributed by atoms with van der Waals surface area (Å²) < 4.78 is 0. The van der Waals surface area contributed by atoms with Gasteiger partial charge in [-0.1, -0.05) is 48.0 Å². The van der Waals surface area contributed by atoms with Gasteiger partial charge in [-0.05, 0) is 49.9 Å². The van der Waals surface area contributed by atoms with E-state index in [1.165, 1.54) is 16.7 Å². The number of phenolic OH excluding ortho intramolecular Hbond substituents is 1. The molecule has 2 aromatic rings. The van der Waals surface area contributed by atoms with Crippen molar-refractivity contribution in [2.75, 3.05) is 20.6 Å². The van der Waals surface area contributed by atoms with Crippen LogP contribution in [0, 0.1) is 0 Å². The molecule has 2 nitrogen and oxygen atoms in total. The zero-order chi connectivity index (χ0) is 14.5. The maximum atomic E-state index is 9.74. The van der Waals surface area contributed by atoms with Gasteiger partial charge in [0.25, 0.3) is 0 Å². The van der Waals surface area contributed by atoms with Crippen LogP contribution in [0.5, 0.6) is 5.75 Å². The molecule has 2 heteroatoms. The molecule has 104 valence electrons. The SMILES string of the molecule is CC(CN(C)C)=C(c1ccccc1)c1cccc(O)c1. The molecule has 0 radical (unpaired) electrons. The third kappa shape index (κ3) is 3.49. The van der Waals surface area contributed by atoms with E-state index in [-0.39, 0.29) is 0 Å². The monoisotopic (exact) mass is 267 g/mol. The Morgan fingerprint density at radius 3 is 2.20 bits per heavy atom. The van der Waals surface area contributed by atoms with Crippen molar-refractivity contribution < 1.29 is 5.11 Å². The highest BCUT2D eigenvalue weighted by atomic mass is 16.3. The van der Waals surface area contributed by atoms with Gasteiger partial charge in [-0.15, -0.1) is 0 Å². The molecule has 0 spiro atoms. The summed E-state index contributed by atoms with van der Waals surface area (Å²) in [6.45, 7) is 3.03. The van der Waals surface area contributed by atoms with E-state index in [1.54, 1.807) is 6.07 Å². The maximum Gasteiger partial charge on any atom is 0.116 e. The molecule has 0 unspecified atom stereocenters. The van der Waals surface area contributed by atoms with Crippen molar-refractivity contribution in [2.24, 2.45) is 0 Å². The molecule has 1 N–H and O–H groups in total. The van der Waals surface area contributed by atoms with E-state index in [2.05, 4.69) is 38.1 Å². The fourth-order valence-electron chi connectivity index (χ4n) is 2.48. The van der Waals surface area contributed by atoms with E-state index in [4.69, 9.17) is 0 Å². The van der Waals surface area contributed by atoms with Crippen molar-refractivity contribution >= 4 is 5.57 Å². The predicted molar refractivity (Wildman–Crippen MR) is 84.8 cm³/mol. The summed E-state index contributed by atoms with van der Waals surface area (Å²) in [6, 6.07) is 17.8. The second-order valence-corrected chi connectivity index (χ2v) is 5.31. The van der Waals surface area contributed by atoms with Crippen LogP contribution in [0.2, 0.25) is 0 Å². The first-order chi connectivity index (χ1) is 9.58. The minimum atomic E-state index is 0.300. The fraction of sp³-hybridized carbons (Fsp3) is 0.222. The van der Waals surface area contributed by atoms with Gasteiger partial charge in [-0.3, -0.25) is 0 Å². The van der Waals surface area contributed by atoms with E-state index in [0.717, 1.165) is 12.1 Å². The first-order valence-corrected chi connectivity index (χ1v) is 6.77. The molecule has 0 amide bonds. The van der Waals surface area contributed by atoms with Crippen molar-refractivity contribution in [1.29, 1.82) is 0 Å². The lowest BCUT2D eigenvalue weighted by Crippen LogP contribution is -2.15. The molecule has 2 aromatic carbocycles. The van der Waals surface area contributed by atoms with Gasteiger partial charge in [0.15, 0.2) is 0 Å². The van der Waals surface area contributed by atoms with Crippen LogP contribution >= 0.6 is 0 Å². The Balaban J connectivity index is 2.56. The number of rotatable bonds is 4. The highest BCUT2D eigenvalue weighted by molar-refractivity contribution is 5.82. The van der Waals surface area contributed by atoms with Crippen molar-refractivity contribution in [3.8, 4) is 5.75 Å². The van der Waals surface area contributed by atoms with E-state index >= 15 is 0 Å². The number of hydrogen-bond acceptors (Lipinski definition) is 2. The van der Waals surface area contributed by atoms with E-state index < -0.39 is 0 Å². The highest BCUT2D eigenvalue weighted by Crippen LogP contribution is 2.29. The molecular weight excluding hydrogens is 246 g/mol. The average molecular weight is 267 g/mol. The highest BCUT2D eigenvalue weighted by Gasteiger charge is 2.10.